The van der Waals surface area contributed by atoms with Crippen molar-refractivity contribution in [3.8, 4) is 0 Å². The van der Waals surface area contributed by atoms with Crippen molar-refractivity contribution in [1.82, 2.24) is 0 Å². The summed E-state index contributed by atoms with van der Waals surface area (Å²) in [5.74, 6) is -0.682. The third-order valence-corrected chi connectivity index (χ3v) is 1.40. The van der Waals surface area contributed by atoms with E-state index in [1.165, 1.54) is 0 Å². The molecule has 4 heteroatoms. The van der Waals surface area contributed by atoms with Crippen molar-refractivity contribution in [3.63, 3.8) is 0 Å². The number of hydrogen-bond donors (Lipinski definition) is 1. The minimum absolute atomic E-state index is 0.327. The van der Waals surface area contributed by atoms with E-state index in [1.54, 1.807) is 0 Å². The Kier molecular flexibility index (Phi) is 10.0. The number of carboxylic acids is 1. The number of unbranched alkanes of at least 4 members (excludes halogenated alkanes) is 2. The second-order valence-electron chi connectivity index (χ2n) is 3.08. The molecule has 0 aromatic rings. The van der Waals surface area contributed by atoms with Gasteiger partial charge in [0.05, 0.1) is 26.4 Å². The zero-order valence-electron chi connectivity index (χ0n) is 8.83. The van der Waals surface area contributed by atoms with E-state index < -0.39 is 5.97 Å². The molecule has 0 atom stereocenters. The molecule has 0 saturated carbocycles. The molecule has 0 radical (unpaired) electrons. The van der Waals surface area contributed by atoms with Crippen LogP contribution in [0.3, 0.4) is 0 Å². The summed E-state index contributed by atoms with van der Waals surface area (Å²) in [7, 11) is 0. The third kappa shape index (κ3) is 30.1. The zero-order chi connectivity index (χ0) is 10.6. The predicted molar refractivity (Wildman–Crippen MR) is 53.4 cm³/mol. The topological polar surface area (TPSA) is 62.4 Å². The number of ether oxygens (including phenoxy) is 2. The maximum absolute atomic E-state index is 9.87. The average Bonchev–Trinajstić information content (AvgIpc) is 2.94. The molecule has 2 saturated heterocycles. The molecule has 0 unspecified atom stereocenters. The molecule has 2 aliphatic heterocycles. The van der Waals surface area contributed by atoms with Gasteiger partial charge in [-0.05, 0) is 6.42 Å². The summed E-state index contributed by atoms with van der Waals surface area (Å²) in [5, 5.41) is 8.14. The third-order valence-electron chi connectivity index (χ3n) is 1.40. The molecule has 0 amide bonds. The van der Waals surface area contributed by atoms with Gasteiger partial charge in [0.15, 0.2) is 0 Å². The molecular weight excluding hydrogens is 184 g/mol. The SMILES string of the molecule is C1CO1.C1CO1.CCCCCC(=O)O. The molecule has 0 bridgehead atoms. The summed E-state index contributed by atoms with van der Waals surface area (Å²) in [6.07, 6.45) is 3.28. The number of aliphatic carboxylic acids is 1. The smallest absolute Gasteiger partial charge is 0.303 e. The zero-order valence-corrected chi connectivity index (χ0v) is 8.83. The van der Waals surface area contributed by atoms with E-state index in [0.29, 0.717) is 6.42 Å². The Morgan fingerprint density at radius 2 is 1.57 bits per heavy atom. The van der Waals surface area contributed by atoms with Gasteiger partial charge in [-0.3, -0.25) is 4.79 Å². The Balaban J connectivity index is 0.000000223. The van der Waals surface area contributed by atoms with Gasteiger partial charge in [0.2, 0.25) is 0 Å². The van der Waals surface area contributed by atoms with E-state index in [9.17, 15) is 4.79 Å². The number of epoxide rings is 2. The van der Waals surface area contributed by atoms with Crippen LogP contribution in [0.4, 0.5) is 0 Å². The summed E-state index contributed by atoms with van der Waals surface area (Å²) in [4.78, 5) is 9.87. The Labute approximate surface area is 85.2 Å². The van der Waals surface area contributed by atoms with E-state index in [0.717, 1.165) is 45.7 Å². The van der Waals surface area contributed by atoms with Crippen molar-refractivity contribution in [3.05, 3.63) is 0 Å². The number of carbonyl (C=O) groups is 1. The van der Waals surface area contributed by atoms with E-state index in [4.69, 9.17) is 5.11 Å². The van der Waals surface area contributed by atoms with Gasteiger partial charge < -0.3 is 14.6 Å². The van der Waals surface area contributed by atoms with Gasteiger partial charge in [0.25, 0.3) is 0 Å². The first-order chi connectivity index (χ1) is 6.77. The minimum Gasteiger partial charge on any atom is -0.481 e. The Morgan fingerprint density at radius 3 is 1.79 bits per heavy atom. The fourth-order valence-corrected chi connectivity index (χ4v) is 0.526. The van der Waals surface area contributed by atoms with Crippen LogP contribution in [0.5, 0.6) is 0 Å². The van der Waals surface area contributed by atoms with Crippen molar-refractivity contribution in [2.24, 2.45) is 0 Å². The fraction of sp³-hybridized carbons (Fsp3) is 0.900. The molecule has 2 heterocycles. The van der Waals surface area contributed by atoms with Crippen LogP contribution in [0.1, 0.15) is 32.6 Å². The van der Waals surface area contributed by atoms with Gasteiger partial charge in [0, 0.05) is 6.42 Å². The summed E-state index contributed by atoms with van der Waals surface area (Å²) < 4.78 is 9.00. The maximum Gasteiger partial charge on any atom is 0.303 e. The lowest BCUT2D eigenvalue weighted by atomic mass is 10.2. The molecule has 0 aromatic carbocycles. The minimum atomic E-state index is -0.682. The van der Waals surface area contributed by atoms with Gasteiger partial charge >= 0.3 is 5.97 Å². The van der Waals surface area contributed by atoms with Gasteiger partial charge in [0.1, 0.15) is 0 Å². The summed E-state index contributed by atoms with van der Waals surface area (Å²) >= 11 is 0. The molecule has 2 aliphatic rings. The highest BCUT2D eigenvalue weighted by Gasteiger charge is 1.94. The first-order valence-corrected chi connectivity index (χ1v) is 5.14. The van der Waals surface area contributed by atoms with Crippen LogP contribution in [0.15, 0.2) is 0 Å². The van der Waals surface area contributed by atoms with Crippen molar-refractivity contribution in [1.29, 1.82) is 0 Å². The molecule has 0 aromatic heterocycles. The van der Waals surface area contributed by atoms with Gasteiger partial charge in [-0.15, -0.1) is 0 Å². The lowest BCUT2D eigenvalue weighted by Crippen LogP contribution is -1.92. The van der Waals surface area contributed by atoms with E-state index in [2.05, 4.69) is 16.4 Å². The summed E-state index contributed by atoms with van der Waals surface area (Å²) in [5.41, 5.74) is 0. The predicted octanol–water partition coefficient (Wildman–Crippen LogP) is 1.68. The second kappa shape index (κ2) is 10.5. The largest absolute Gasteiger partial charge is 0.481 e. The second-order valence-corrected chi connectivity index (χ2v) is 3.08. The Morgan fingerprint density at radius 1 is 1.14 bits per heavy atom. The van der Waals surface area contributed by atoms with Crippen molar-refractivity contribution in [2.75, 3.05) is 26.4 Å². The van der Waals surface area contributed by atoms with Crippen molar-refractivity contribution >= 4 is 5.97 Å². The molecular formula is C10H20O4. The van der Waals surface area contributed by atoms with Crippen LogP contribution in [-0.4, -0.2) is 37.5 Å². The van der Waals surface area contributed by atoms with E-state index in [1.807, 2.05) is 0 Å². The van der Waals surface area contributed by atoms with Crippen molar-refractivity contribution in [2.45, 2.75) is 32.6 Å². The van der Waals surface area contributed by atoms with Crippen LogP contribution in [0.2, 0.25) is 0 Å². The fourth-order valence-electron chi connectivity index (χ4n) is 0.526. The van der Waals surface area contributed by atoms with Crippen molar-refractivity contribution < 1.29 is 19.4 Å². The van der Waals surface area contributed by atoms with Crippen LogP contribution in [-0.2, 0) is 14.3 Å². The molecule has 2 fully saturated rings. The Bertz CT molecular complexity index is 121. The highest BCUT2D eigenvalue weighted by molar-refractivity contribution is 5.66. The maximum atomic E-state index is 9.87. The number of rotatable bonds is 4. The molecule has 2 rings (SSSR count). The Hall–Kier alpha value is -0.610. The average molecular weight is 204 g/mol. The molecule has 14 heavy (non-hydrogen) atoms. The standard InChI is InChI=1S/C6H12O2.2C2H4O/c1-2-3-4-5-6(7)8;2*1-2-3-1/h2-5H2,1H3,(H,7,8);2*1-2H2. The molecule has 0 spiro atoms. The lowest BCUT2D eigenvalue weighted by molar-refractivity contribution is -0.137. The van der Waals surface area contributed by atoms with Gasteiger partial charge in [-0.25, -0.2) is 0 Å². The highest BCUT2D eigenvalue weighted by Crippen LogP contribution is 1.97. The summed E-state index contributed by atoms with van der Waals surface area (Å²) in [6, 6.07) is 0. The monoisotopic (exact) mass is 204 g/mol. The highest BCUT2D eigenvalue weighted by atomic mass is 16.6. The van der Waals surface area contributed by atoms with E-state index >= 15 is 0 Å². The van der Waals surface area contributed by atoms with Crippen LogP contribution < -0.4 is 0 Å². The van der Waals surface area contributed by atoms with Gasteiger partial charge in [-0.2, -0.15) is 0 Å². The van der Waals surface area contributed by atoms with E-state index in [-0.39, 0.29) is 0 Å². The van der Waals surface area contributed by atoms with Crippen LogP contribution >= 0.6 is 0 Å². The quantitative estimate of drug-likeness (QED) is 0.559. The first-order valence-electron chi connectivity index (χ1n) is 5.14. The molecule has 4 nitrogen and oxygen atoms in total. The lowest BCUT2D eigenvalue weighted by Gasteiger charge is -1.89. The first kappa shape index (κ1) is 13.4. The van der Waals surface area contributed by atoms with Gasteiger partial charge in [-0.1, -0.05) is 19.8 Å². The number of carboxylic acid groups (broad SMARTS) is 1. The summed E-state index contributed by atoms with van der Waals surface area (Å²) in [6.45, 7) is 6.06. The van der Waals surface area contributed by atoms with Crippen LogP contribution in [0.25, 0.3) is 0 Å². The number of hydrogen-bond acceptors (Lipinski definition) is 3. The molecule has 1 N–H and O–H groups in total. The van der Waals surface area contributed by atoms with Crippen LogP contribution in [0, 0.1) is 0 Å². The molecule has 0 aliphatic carbocycles. The normalized spacial score (nSPS) is 15.5. The molecule has 84 valence electrons.